The number of imidazole rings is 1. The second-order valence-corrected chi connectivity index (χ2v) is 9.56. The van der Waals surface area contributed by atoms with Crippen molar-refractivity contribution in [2.24, 2.45) is 5.41 Å². The first-order valence-electron chi connectivity index (χ1n) is 11.4. The summed E-state index contributed by atoms with van der Waals surface area (Å²) in [5, 5.41) is 6.24. The number of nitrogens with one attached hydrogen (secondary N) is 3. The van der Waals surface area contributed by atoms with Gasteiger partial charge in [0.2, 0.25) is 0 Å². The molecule has 0 bridgehead atoms. The van der Waals surface area contributed by atoms with Crippen LogP contribution in [0.15, 0.2) is 62.2 Å². The van der Waals surface area contributed by atoms with Crippen LogP contribution < -0.4 is 10.6 Å². The Morgan fingerprint density at radius 1 is 1.20 bits per heavy atom. The van der Waals surface area contributed by atoms with Crippen LogP contribution in [-0.2, 0) is 0 Å². The van der Waals surface area contributed by atoms with Gasteiger partial charge in [0.25, 0.3) is 0 Å². The Labute approximate surface area is 206 Å². The van der Waals surface area contributed by atoms with Gasteiger partial charge < -0.3 is 15.6 Å². The molecule has 0 atom stereocenters. The highest BCUT2D eigenvalue weighted by Crippen LogP contribution is 2.35. The van der Waals surface area contributed by atoms with E-state index >= 15 is 4.39 Å². The molecule has 3 aromatic rings. The van der Waals surface area contributed by atoms with E-state index in [1.165, 1.54) is 6.20 Å². The zero-order chi connectivity index (χ0) is 25.8. The van der Waals surface area contributed by atoms with Crippen molar-refractivity contribution < 1.29 is 4.39 Å². The maximum atomic E-state index is 16.0. The quantitative estimate of drug-likeness (QED) is 0.293. The molecule has 3 heterocycles. The third-order valence-corrected chi connectivity index (χ3v) is 5.27. The number of rotatable bonds is 9. The zero-order valence-corrected chi connectivity index (χ0v) is 21.1. The van der Waals surface area contributed by atoms with Gasteiger partial charge >= 0.3 is 0 Å². The number of aryl methyl sites for hydroxylation is 1. The minimum Gasteiger partial charge on any atom is -0.373 e. The number of H-pyrrole nitrogens is 1. The van der Waals surface area contributed by atoms with Crippen LogP contribution in [0.1, 0.15) is 50.0 Å². The highest BCUT2D eigenvalue weighted by atomic mass is 19.1. The highest BCUT2D eigenvalue weighted by Gasteiger charge is 2.22. The number of pyridine rings is 2. The lowest BCUT2D eigenvalue weighted by Gasteiger charge is -2.20. The third-order valence-electron chi connectivity index (χ3n) is 5.27. The van der Waals surface area contributed by atoms with Crippen LogP contribution in [0.2, 0.25) is 0 Å². The molecular weight excluding hydrogens is 439 g/mol. The van der Waals surface area contributed by atoms with Crippen molar-refractivity contribution in [1.82, 2.24) is 19.9 Å². The maximum absolute atomic E-state index is 16.0. The van der Waals surface area contributed by atoms with Crippen LogP contribution in [-0.4, -0.2) is 27.0 Å². The standard InChI is InChI=1S/C28H33FN6/c1-9-10-11-23-19(4)34-26(35-23)18(3)24-25(29)22(16-32-27(24)30-8)20-12-21(15-31-14-20)33-17(2)13-28(5,6)7/h9-12,14-16,33H,1-3,13H2,4-8H3,(H,30,32)(H,34,35)/b11-10-. The van der Waals surface area contributed by atoms with E-state index in [0.717, 1.165) is 29.2 Å². The van der Waals surface area contributed by atoms with Crippen molar-refractivity contribution in [3.63, 3.8) is 0 Å². The van der Waals surface area contributed by atoms with Crippen LogP contribution in [0.5, 0.6) is 0 Å². The number of allylic oxidation sites excluding steroid dienone is 3. The molecule has 0 aliphatic heterocycles. The van der Waals surface area contributed by atoms with Crippen LogP contribution >= 0.6 is 0 Å². The number of anilines is 2. The summed E-state index contributed by atoms with van der Waals surface area (Å²) >= 11 is 0. The molecule has 7 heteroatoms. The monoisotopic (exact) mass is 472 g/mol. The fourth-order valence-electron chi connectivity index (χ4n) is 3.76. The van der Waals surface area contributed by atoms with Gasteiger partial charge in [0.05, 0.1) is 23.1 Å². The summed E-state index contributed by atoms with van der Waals surface area (Å²) in [6.07, 6.45) is 10.9. The molecule has 3 rings (SSSR count). The first kappa shape index (κ1) is 25.6. The minimum absolute atomic E-state index is 0.0922. The van der Waals surface area contributed by atoms with Crippen molar-refractivity contribution >= 4 is 23.2 Å². The highest BCUT2D eigenvalue weighted by molar-refractivity contribution is 5.85. The number of aromatic nitrogens is 4. The van der Waals surface area contributed by atoms with E-state index in [2.05, 4.69) is 71.1 Å². The molecule has 0 aromatic carbocycles. The Morgan fingerprint density at radius 3 is 2.60 bits per heavy atom. The molecule has 0 spiro atoms. The van der Waals surface area contributed by atoms with Gasteiger partial charge in [-0.25, -0.2) is 14.4 Å². The SMILES string of the molecule is C=C/C=C\c1nc(C(=C)c2c(NC)ncc(-c3cncc(NC(=C)CC(C)(C)C)c3)c2F)[nH]c1C. The maximum Gasteiger partial charge on any atom is 0.144 e. The second kappa shape index (κ2) is 10.5. The molecule has 0 saturated carbocycles. The molecule has 3 aromatic heterocycles. The lowest BCUT2D eigenvalue weighted by Crippen LogP contribution is -2.10. The summed E-state index contributed by atoms with van der Waals surface area (Å²) in [7, 11) is 1.69. The zero-order valence-electron chi connectivity index (χ0n) is 21.1. The second-order valence-electron chi connectivity index (χ2n) is 9.56. The molecule has 3 N–H and O–H groups in total. The Hall–Kier alpha value is -4.00. The van der Waals surface area contributed by atoms with Gasteiger partial charge in [-0.15, -0.1) is 0 Å². The average Bonchev–Trinajstić information content (AvgIpc) is 3.16. The number of nitrogens with zero attached hydrogens (tertiary/aromatic N) is 3. The molecule has 0 radical (unpaired) electrons. The van der Waals surface area contributed by atoms with Crippen LogP contribution in [0.25, 0.3) is 22.8 Å². The average molecular weight is 473 g/mol. The topological polar surface area (TPSA) is 78.5 Å². The summed E-state index contributed by atoms with van der Waals surface area (Å²) in [5.74, 6) is 0.376. The summed E-state index contributed by atoms with van der Waals surface area (Å²) < 4.78 is 16.0. The Kier molecular flexibility index (Phi) is 7.69. The van der Waals surface area contributed by atoms with Crippen molar-refractivity contribution in [2.45, 2.75) is 34.1 Å². The van der Waals surface area contributed by atoms with Gasteiger partial charge in [0.15, 0.2) is 0 Å². The minimum atomic E-state index is -0.459. The van der Waals surface area contributed by atoms with Crippen molar-refractivity contribution in [3.8, 4) is 11.1 Å². The summed E-state index contributed by atoms with van der Waals surface area (Å²) in [5.41, 5.74) is 4.80. The molecule has 0 unspecified atom stereocenters. The molecule has 6 nitrogen and oxygen atoms in total. The third kappa shape index (κ3) is 6.12. The number of halogens is 1. The fraction of sp³-hybridized carbons (Fsp3) is 0.250. The van der Waals surface area contributed by atoms with E-state index in [9.17, 15) is 0 Å². The predicted octanol–water partition coefficient (Wildman–Crippen LogP) is 6.98. The lowest BCUT2D eigenvalue weighted by molar-refractivity contribution is 0.411. The summed E-state index contributed by atoms with van der Waals surface area (Å²) in [4.78, 5) is 16.5. The first-order chi connectivity index (χ1) is 16.5. The number of aromatic amines is 1. The van der Waals surface area contributed by atoms with E-state index in [4.69, 9.17) is 0 Å². The van der Waals surface area contributed by atoms with E-state index < -0.39 is 5.82 Å². The van der Waals surface area contributed by atoms with Crippen molar-refractivity contribution in [1.29, 1.82) is 0 Å². The van der Waals surface area contributed by atoms with Gasteiger partial charge in [0, 0.05) is 47.5 Å². The number of hydrogen-bond acceptors (Lipinski definition) is 5. The molecule has 35 heavy (non-hydrogen) atoms. The van der Waals surface area contributed by atoms with Crippen molar-refractivity contribution in [2.75, 3.05) is 17.7 Å². The molecule has 182 valence electrons. The normalized spacial score (nSPS) is 11.5. The largest absolute Gasteiger partial charge is 0.373 e. The molecule has 0 amide bonds. The van der Waals surface area contributed by atoms with Crippen LogP contribution in [0.3, 0.4) is 0 Å². The molecule has 0 aliphatic rings. The summed E-state index contributed by atoms with van der Waals surface area (Å²) in [6.45, 7) is 20.3. The number of hydrogen-bond donors (Lipinski definition) is 3. The van der Waals surface area contributed by atoms with E-state index in [1.807, 2.05) is 19.1 Å². The van der Waals surface area contributed by atoms with Crippen molar-refractivity contribution in [3.05, 3.63) is 90.8 Å². The van der Waals surface area contributed by atoms with Gasteiger partial charge in [0.1, 0.15) is 17.5 Å². The fourth-order valence-corrected chi connectivity index (χ4v) is 3.76. The molecular formula is C28H33FN6. The molecule has 0 saturated heterocycles. The predicted molar refractivity (Wildman–Crippen MR) is 144 cm³/mol. The Morgan fingerprint density at radius 2 is 1.94 bits per heavy atom. The van der Waals surface area contributed by atoms with E-state index in [1.54, 1.807) is 31.6 Å². The van der Waals surface area contributed by atoms with Crippen LogP contribution in [0, 0.1) is 18.2 Å². The van der Waals surface area contributed by atoms with Gasteiger partial charge in [-0.05, 0) is 30.9 Å². The van der Waals surface area contributed by atoms with E-state index in [-0.39, 0.29) is 11.0 Å². The smallest absolute Gasteiger partial charge is 0.144 e. The lowest BCUT2D eigenvalue weighted by atomic mass is 9.91. The van der Waals surface area contributed by atoms with Crippen LogP contribution in [0.4, 0.5) is 15.9 Å². The Bertz CT molecular complexity index is 1290. The molecule has 0 fully saturated rings. The molecule has 0 aliphatic carbocycles. The first-order valence-corrected chi connectivity index (χ1v) is 11.4. The Balaban J connectivity index is 2.00. The summed E-state index contributed by atoms with van der Waals surface area (Å²) in [6, 6.07) is 1.84. The van der Waals surface area contributed by atoms with Gasteiger partial charge in [-0.2, -0.15) is 0 Å². The van der Waals surface area contributed by atoms with E-state index in [0.29, 0.717) is 28.3 Å². The van der Waals surface area contributed by atoms with Gasteiger partial charge in [-0.1, -0.05) is 52.7 Å². The van der Waals surface area contributed by atoms with Gasteiger partial charge in [-0.3, -0.25) is 4.98 Å².